The summed E-state index contributed by atoms with van der Waals surface area (Å²) in [4.78, 5) is 21.2. The van der Waals surface area contributed by atoms with Crippen molar-refractivity contribution in [1.82, 2.24) is 5.43 Å². The number of hydrogen-bond acceptors (Lipinski definition) is 4. The summed E-state index contributed by atoms with van der Waals surface area (Å²) in [7, 11) is 0. The SMILES string of the molecule is O=C1CCCN(c2ccc([N+](=O)[O-])cc2)N1. The highest BCUT2D eigenvalue weighted by atomic mass is 16.6. The molecule has 1 fully saturated rings. The van der Waals surface area contributed by atoms with E-state index in [0.717, 1.165) is 18.7 Å². The van der Waals surface area contributed by atoms with Gasteiger partial charge in [0.05, 0.1) is 10.6 Å². The summed E-state index contributed by atoms with van der Waals surface area (Å²) < 4.78 is 0. The quantitative estimate of drug-likeness (QED) is 0.602. The van der Waals surface area contributed by atoms with Gasteiger partial charge in [-0.15, -0.1) is 0 Å². The van der Waals surface area contributed by atoms with Crippen LogP contribution >= 0.6 is 0 Å². The second-order valence-corrected chi connectivity index (χ2v) is 3.56. The maximum Gasteiger partial charge on any atom is 0.269 e. The van der Waals surface area contributed by atoms with Gasteiger partial charge in [-0.05, 0) is 18.6 Å². The molecule has 0 aromatic heterocycles. The van der Waals surface area contributed by atoms with Crippen molar-refractivity contribution < 1.29 is 9.72 Å². The molecule has 1 aromatic carbocycles. The van der Waals surface area contributed by atoms with Gasteiger partial charge in [-0.25, -0.2) is 0 Å². The summed E-state index contributed by atoms with van der Waals surface area (Å²) >= 11 is 0. The predicted octanol–water partition coefficient (Wildman–Crippen LogP) is 1.23. The molecular weight excluding hydrogens is 210 g/mol. The number of nitro groups is 1. The Labute approximate surface area is 92.0 Å². The van der Waals surface area contributed by atoms with Crippen molar-refractivity contribution >= 4 is 17.3 Å². The van der Waals surface area contributed by atoms with Gasteiger partial charge in [-0.2, -0.15) is 0 Å². The number of non-ortho nitro benzene ring substituents is 1. The van der Waals surface area contributed by atoms with Crippen LogP contribution in [0.25, 0.3) is 0 Å². The number of hydrogen-bond donors (Lipinski definition) is 1. The van der Waals surface area contributed by atoms with Gasteiger partial charge in [0.25, 0.3) is 5.69 Å². The van der Waals surface area contributed by atoms with Gasteiger partial charge >= 0.3 is 0 Å². The van der Waals surface area contributed by atoms with Crippen LogP contribution in [0.5, 0.6) is 0 Å². The number of amides is 1. The van der Waals surface area contributed by atoms with Crippen LogP contribution in [0, 0.1) is 10.1 Å². The zero-order chi connectivity index (χ0) is 11.5. The largest absolute Gasteiger partial charge is 0.286 e. The maximum atomic E-state index is 11.2. The maximum absolute atomic E-state index is 11.2. The number of rotatable bonds is 2. The molecule has 16 heavy (non-hydrogen) atoms. The Balaban J connectivity index is 2.14. The van der Waals surface area contributed by atoms with E-state index in [1.54, 1.807) is 17.1 Å². The number of anilines is 1. The highest BCUT2D eigenvalue weighted by molar-refractivity contribution is 5.79. The molecule has 1 amide bonds. The van der Waals surface area contributed by atoms with E-state index in [2.05, 4.69) is 5.43 Å². The van der Waals surface area contributed by atoms with Crippen molar-refractivity contribution in [1.29, 1.82) is 0 Å². The Hall–Kier alpha value is -2.11. The number of carbonyl (C=O) groups is 1. The van der Waals surface area contributed by atoms with Crippen LogP contribution in [-0.4, -0.2) is 17.4 Å². The molecule has 6 nitrogen and oxygen atoms in total. The number of nitrogens with zero attached hydrogens (tertiary/aromatic N) is 2. The molecule has 1 aliphatic rings. The molecule has 2 rings (SSSR count). The summed E-state index contributed by atoms with van der Waals surface area (Å²) in [6.07, 6.45) is 1.33. The Morgan fingerprint density at radius 2 is 2.00 bits per heavy atom. The molecule has 6 heteroatoms. The molecular formula is C10H11N3O3. The molecule has 1 saturated heterocycles. The highest BCUT2D eigenvalue weighted by Gasteiger charge is 2.16. The zero-order valence-electron chi connectivity index (χ0n) is 8.55. The Bertz CT molecular complexity index is 416. The summed E-state index contributed by atoms with van der Waals surface area (Å²) in [6.45, 7) is 0.726. The smallest absolute Gasteiger partial charge is 0.269 e. The fraction of sp³-hybridized carbons (Fsp3) is 0.300. The summed E-state index contributed by atoms with van der Waals surface area (Å²) in [5.74, 6) is -0.0235. The molecule has 0 radical (unpaired) electrons. The van der Waals surface area contributed by atoms with Crippen LogP contribution in [0.1, 0.15) is 12.8 Å². The van der Waals surface area contributed by atoms with Gasteiger partial charge in [-0.3, -0.25) is 25.3 Å². The lowest BCUT2D eigenvalue weighted by Gasteiger charge is -2.28. The average Bonchev–Trinajstić information content (AvgIpc) is 2.29. The second kappa shape index (κ2) is 4.18. The number of nitro benzene ring substituents is 1. The minimum atomic E-state index is -0.446. The number of benzene rings is 1. The summed E-state index contributed by atoms with van der Waals surface area (Å²) in [5.41, 5.74) is 3.52. The molecule has 0 spiro atoms. The van der Waals surface area contributed by atoms with Crippen molar-refractivity contribution in [3.05, 3.63) is 34.4 Å². The lowest BCUT2D eigenvalue weighted by molar-refractivity contribution is -0.384. The molecule has 1 aliphatic heterocycles. The second-order valence-electron chi connectivity index (χ2n) is 3.56. The summed E-state index contributed by atoms with van der Waals surface area (Å²) in [5, 5.41) is 12.2. The molecule has 0 atom stereocenters. The molecule has 1 aromatic rings. The van der Waals surface area contributed by atoms with E-state index in [4.69, 9.17) is 0 Å². The van der Waals surface area contributed by atoms with E-state index in [1.807, 2.05) is 0 Å². The van der Waals surface area contributed by atoms with E-state index in [9.17, 15) is 14.9 Å². The van der Waals surface area contributed by atoms with Gasteiger partial charge in [0.2, 0.25) is 5.91 Å². The molecule has 84 valence electrons. The van der Waals surface area contributed by atoms with E-state index in [1.165, 1.54) is 12.1 Å². The topological polar surface area (TPSA) is 75.5 Å². The molecule has 0 aliphatic carbocycles. The van der Waals surface area contributed by atoms with Gasteiger partial charge in [0, 0.05) is 25.1 Å². The fourth-order valence-electron chi connectivity index (χ4n) is 1.61. The molecule has 1 N–H and O–H groups in total. The monoisotopic (exact) mass is 221 g/mol. The lowest BCUT2D eigenvalue weighted by Crippen LogP contribution is -2.46. The average molecular weight is 221 g/mol. The van der Waals surface area contributed by atoms with E-state index >= 15 is 0 Å². The Morgan fingerprint density at radius 3 is 2.56 bits per heavy atom. The fourth-order valence-corrected chi connectivity index (χ4v) is 1.61. The van der Waals surface area contributed by atoms with Crippen molar-refractivity contribution in [2.24, 2.45) is 0 Å². The Morgan fingerprint density at radius 1 is 1.31 bits per heavy atom. The predicted molar refractivity (Wildman–Crippen MR) is 57.8 cm³/mol. The van der Waals surface area contributed by atoms with Gasteiger partial charge in [0.1, 0.15) is 0 Å². The van der Waals surface area contributed by atoms with Crippen LogP contribution in [-0.2, 0) is 4.79 Å². The number of hydrazine groups is 1. The van der Waals surface area contributed by atoms with Gasteiger partial charge in [0.15, 0.2) is 0 Å². The molecule has 0 saturated carbocycles. The van der Waals surface area contributed by atoms with Crippen LogP contribution in [0.3, 0.4) is 0 Å². The van der Waals surface area contributed by atoms with Crippen LogP contribution in [0.2, 0.25) is 0 Å². The molecule has 1 heterocycles. The first-order valence-corrected chi connectivity index (χ1v) is 4.98. The van der Waals surface area contributed by atoms with Crippen molar-refractivity contribution in [3.8, 4) is 0 Å². The number of nitrogens with one attached hydrogen (secondary N) is 1. The van der Waals surface area contributed by atoms with Gasteiger partial charge in [-0.1, -0.05) is 0 Å². The zero-order valence-corrected chi connectivity index (χ0v) is 8.55. The van der Waals surface area contributed by atoms with Crippen molar-refractivity contribution in [2.75, 3.05) is 11.6 Å². The van der Waals surface area contributed by atoms with E-state index in [0.29, 0.717) is 6.42 Å². The Kier molecular flexibility index (Phi) is 2.72. The molecule has 0 unspecified atom stereocenters. The third kappa shape index (κ3) is 2.10. The third-order valence-electron chi connectivity index (χ3n) is 2.42. The van der Waals surface area contributed by atoms with Crippen LogP contribution in [0.15, 0.2) is 24.3 Å². The first kappa shape index (κ1) is 10.4. The van der Waals surface area contributed by atoms with Gasteiger partial charge < -0.3 is 0 Å². The summed E-state index contributed by atoms with van der Waals surface area (Å²) in [6, 6.07) is 6.11. The normalized spacial score (nSPS) is 15.8. The van der Waals surface area contributed by atoms with E-state index < -0.39 is 4.92 Å². The standard InChI is InChI=1S/C10H11N3O3/c14-10-2-1-7-12(11-10)8-3-5-9(6-4-8)13(15)16/h3-6H,1-2,7H2,(H,11,14). The highest BCUT2D eigenvalue weighted by Crippen LogP contribution is 2.19. The first-order chi connectivity index (χ1) is 7.66. The third-order valence-corrected chi connectivity index (χ3v) is 2.42. The lowest BCUT2D eigenvalue weighted by atomic mass is 10.2. The van der Waals surface area contributed by atoms with Crippen molar-refractivity contribution in [2.45, 2.75) is 12.8 Å². The van der Waals surface area contributed by atoms with Crippen molar-refractivity contribution in [3.63, 3.8) is 0 Å². The van der Waals surface area contributed by atoms with Crippen LogP contribution < -0.4 is 10.4 Å². The van der Waals surface area contributed by atoms with E-state index in [-0.39, 0.29) is 11.6 Å². The number of carbonyl (C=O) groups excluding carboxylic acids is 1. The minimum Gasteiger partial charge on any atom is -0.286 e. The minimum absolute atomic E-state index is 0.0235. The molecule has 0 bridgehead atoms. The van der Waals surface area contributed by atoms with Crippen LogP contribution in [0.4, 0.5) is 11.4 Å². The first-order valence-electron chi connectivity index (χ1n) is 4.98.